The predicted octanol–water partition coefficient (Wildman–Crippen LogP) is -2.92. The number of benzene rings is 1. The van der Waals surface area contributed by atoms with E-state index in [2.05, 4.69) is 5.32 Å². The number of quaternary nitrogens is 2. The van der Waals surface area contributed by atoms with Gasteiger partial charge in [-0.25, -0.2) is 4.39 Å². The van der Waals surface area contributed by atoms with Crippen molar-refractivity contribution < 1.29 is 24.5 Å². The summed E-state index contributed by atoms with van der Waals surface area (Å²) in [4.78, 5) is 12.2. The third-order valence-corrected chi connectivity index (χ3v) is 3.19. The summed E-state index contributed by atoms with van der Waals surface area (Å²) < 4.78 is 12.8. The van der Waals surface area contributed by atoms with E-state index < -0.39 is 12.0 Å². The first-order valence-electron chi connectivity index (χ1n) is 5.81. The van der Waals surface area contributed by atoms with Crippen LogP contribution in [0.1, 0.15) is 11.6 Å². The zero-order chi connectivity index (χ0) is 12.3. The van der Waals surface area contributed by atoms with E-state index in [-0.39, 0.29) is 5.82 Å². The Morgan fingerprint density at radius 3 is 2.41 bits per heavy atom. The molecule has 5 heteroatoms. The van der Waals surface area contributed by atoms with Crippen LogP contribution in [0.3, 0.4) is 0 Å². The summed E-state index contributed by atoms with van der Waals surface area (Å²) in [7, 11) is 0. The van der Waals surface area contributed by atoms with Crippen LogP contribution in [0.5, 0.6) is 0 Å². The second kappa shape index (κ2) is 5.25. The number of nitrogens with one attached hydrogen (secondary N) is 1. The Labute approximate surface area is 99.0 Å². The Bertz CT molecular complexity index is 388. The van der Waals surface area contributed by atoms with Gasteiger partial charge in [-0.2, -0.15) is 0 Å². The van der Waals surface area contributed by atoms with Gasteiger partial charge in [0.1, 0.15) is 38.0 Å². The quantitative estimate of drug-likeness (QED) is 0.593. The summed E-state index contributed by atoms with van der Waals surface area (Å²) in [6.07, 6.45) is 0. The number of carboxylic acids is 1. The van der Waals surface area contributed by atoms with Gasteiger partial charge in [-0.15, -0.1) is 0 Å². The predicted molar refractivity (Wildman–Crippen MR) is 56.5 cm³/mol. The standard InChI is InChI=1S/C12H15FN2O2/c13-10-3-1-9(2-4-10)11(12(16)17)15-7-5-14-6-8-15/h1-4,11,14H,5-8H2,(H,16,17)/p+1/t11-/m0/s1. The van der Waals surface area contributed by atoms with Crippen LogP contribution in [0.4, 0.5) is 4.39 Å². The van der Waals surface area contributed by atoms with E-state index in [9.17, 15) is 14.3 Å². The van der Waals surface area contributed by atoms with Gasteiger partial charge in [-0.05, 0) is 24.3 Å². The number of nitrogens with two attached hydrogens (primary N) is 1. The number of rotatable bonds is 3. The van der Waals surface area contributed by atoms with Crippen molar-refractivity contribution in [3.05, 3.63) is 35.6 Å². The third-order valence-electron chi connectivity index (χ3n) is 3.19. The third kappa shape index (κ3) is 2.81. The van der Waals surface area contributed by atoms with E-state index in [4.69, 9.17) is 0 Å². The van der Waals surface area contributed by atoms with E-state index in [1.165, 1.54) is 24.3 Å². The normalized spacial score (nSPS) is 18.9. The zero-order valence-electron chi connectivity index (χ0n) is 9.49. The largest absolute Gasteiger partial charge is 0.544 e. The van der Waals surface area contributed by atoms with Crippen LogP contribution >= 0.6 is 0 Å². The number of carbonyl (C=O) groups is 1. The van der Waals surface area contributed by atoms with E-state index >= 15 is 0 Å². The number of hydrogen-bond acceptors (Lipinski definition) is 2. The Balaban J connectivity index is 2.21. The minimum absolute atomic E-state index is 0.354. The maximum Gasteiger partial charge on any atom is 0.154 e. The van der Waals surface area contributed by atoms with Gasteiger partial charge in [-0.3, -0.25) is 0 Å². The van der Waals surface area contributed by atoms with Gasteiger partial charge in [0.05, 0.1) is 0 Å². The maximum absolute atomic E-state index is 12.8. The Morgan fingerprint density at radius 2 is 1.88 bits per heavy atom. The molecule has 3 N–H and O–H groups in total. The smallest absolute Gasteiger partial charge is 0.154 e. The zero-order valence-corrected chi connectivity index (χ0v) is 9.49. The monoisotopic (exact) mass is 239 g/mol. The summed E-state index contributed by atoms with van der Waals surface area (Å²) in [5.41, 5.74) is 0.614. The van der Waals surface area contributed by atoms with Crippen molar-refractivity contribution in [3.8, 4) is 0 Å². The average Bonchev–Trinajstić information content (AvgIpc) is 2.33. The van der Waals surface area contributed by atoms with Crippen molar-refractivity contribution in [2.45, 2.75) is 6.04 Å². The topological polar surface area (TPSA) is 61.2 Å². The molecule has 1 aliphatic heterocycles. The molecule has 17 heavy (non-hydrogen) atoms. The lowest BCUT2D eigenvalue weighted by molar-refractivity contribution is -0.966. The molecule has 2 rings (SSSR count). The summed E-state index contributed by atoms with van der Waals surface area (Å²) in [5.74, 6) is -1.44. The van der Waals surface area contributed by atoms with Crippen LogP contribution in [0.25, 0.3) is 0 Å². The molecule has 0 amide bonds. The van der Waals surface area contributed by atoms with Gasteiger partial charge >= 0.3 is 0 Å². The summed E-state index contributed by atoms with van der Waals surface area (Å²) >= 11 is 0. The van der Waals surface area contributed by atoms with Crippen molar-refractivity contribution in [2.75, 3.05) is 26.2 Å². The molecule has 4 nitrogen and oxygen atoms in total. The van der Waals surface area contributed by atoms with E-state index in [1.807, 2.05) is 0 Å². The SMILES string of the molecule is O=C([O-])[C@H](c1ccc(F)cc1)[NH+]1CC[NH2+]CC1. The number of piperazine rings is 1. The molecule has 0 aromatic heterocycles. The van der Waals surface area contributed by atoms with Gasteiger partial charge < -0.3 is 20.1 Å². The van der Waals surface area contributed by atoms with Gasteiger partial charge in [0.2, 0.25) is 0 Å². The fourth-order valence-electron chi connectivity index (χ4n) is 2.33. The van der Waals surface area contributed by atoms with E-state index in [0.29, 0.717) is 5.56 Å². The maximum atomic E-state index is 12.8. The highest BCUT2D eigenvalue weighted by molar-refractivity contribution is 5.71. The first kappa shape index (κ1) is 12.0. The summed E-state index contributed by atoms with van der Waals surface area (Å²) in [6.45, 7) is 3.41. The lowest BCUT2D eigenvalue weighted by Crippen LogP contribution is -3.21. The number of aliphatic carboxylic acids is 1. The second-order valence-corrected chi connectivity index (χ2v) is 4.33. The molecule has 0 saturated carbocycles. The molecule has 1 saturated heterocycles. The van der Waals surface area contributed by atoms with Gasteiger partial charge in [0, 0.05) is 5.56 Å². The average molecular weight is 239 g/mol. The molecule has 0 spiro atoms. The minimum Gasteiger partial charge on any atom is -0.544 e. The van der Waals surface area contributed by atoms with E-state index in [0.717, 1.165) is 31.1 Å². The molecule has 92 valence electrons. The van der Waals surface area contributed by atoms with Gasteiger partial charge in [0.25, 0.3) is 0 Å². The summed E-state index contributed by atoms with van der Waals surface area (Å²) in [5, 5.41) is 13.4. The molecular weight excluding hydrogens is 223 g/mol. The molecule has 0 bridgehead atoms. The lowest BCUT2D eigenvalue weighted by Gasteiger charge is -2.31. The molecular formula is C12H16FN2O2+. The van der Waals surface area contributed by atoms with Crippen molar-refractivity contribution in [1.82, 2.24) is 0 Å². The first-order chi connectivity index (χ1) is 8.18. The molecule has 0 aliphatic carbocycles. The van der Waals surface area contributed by atoms with Gasteiger partial charge in [-0.1, -0.05) is 0 Å². The van der Waals surface area contributed by atoms with Crippen LogP contribution in [-0.4, -0.2) is 32.1 Å². The molecule has 1 aromatic carbocycles. The number of halogens is 1. The molecule has 1 aromatic rings. The van der Waals surface area contributed by atoms with Crippen molar-refractivity contribution in [1.29, 1.82) is 0 Å². The number of hydrogen-bond donors (Lipinski definition) is 2. The van der Waals surface area contributed by atoms with Crippen LogP contribution < -0.4 is 15.3 Å². The summed E-state index contributed by atoms with van der Waals surface area (Å²) in [6, 6.07) is 4.95. The highest BCUT2D eigenvalue weighted by Crippen LogP contribution is 2.10. The highest BCUT2D eigenvalue weighted by Gasteiger charge is 2.28. The van der Waals surface area contributed by atoms with E-state index in [1.54, 1.807) is 0 Å². The fraction of sp³-hybridized carbons (Fsp3) is 0.417. The second-order valence-electron chi connectivity index (χ2n) is 4.33. The van der Waals surface area contributed by atoms with Crippen molar-refractivity contribution in [2.24, 2.45) is 0 Å². The Morgan fingerprint density at radius 1 is 1.29 bits per heavy atom. The van der Waals surface area contributed by atoms with Crippen LogP contribution in [0, 0.1) is 5.82 Å². The lowest BCUT2D eigenvalue weighted by atomic mass is 10.0. The van der Waals surface area contributed by atoms with Crippen LogP contribution in [-0.2, 0) is 4.79 Å². The van der Waals surface area contributed by atoms with Crippen LogP contribution in [0.2, 0.25) is 0 Å². The Hall–Kier alpha value is -1.46. The molecule has 1 atom stereocenters. The highest BCUT2D eigenvalue weighted by atomic mass is 19.1. The number of carboxylic acid groups (broad SMARTS) is 1. The fourth-order valence-corrected chi connectivity index (χ4v) is 2.33. The molecule has 1 fully saturated rings. The first-order valence-corrected chi connectivity index (χ1v) is 5.81. The Kier molecular flexibility index (Phi) is 3.71. The molecule has 0 radical (unpaired) electrons. The van der Waals surface area contributed by atoms with Crippen molar-refractivity contribution >= 4 is 5.97 Å². The van der Waals surface area contributed by atoms with Gasteiger partial charge in [0.15, 0.2) is 6.04 Å². The molecule has 0 unspecified atom stereocenters. The number of carbonyl (C=O) groups excluding carboxylic acids is 1. The molecule has 1 aliphatic rings. The molecule has 1 heterocycles. The van der Waals surface area contributed by atoms with Crippen LogP contribution in [0.15, 0.2) is 24.3 Å². The minimum atomic E-state index is -1.09. The van der Waals surface area contributed by atoms with Crippen molar-refractivity contribution in [3.63, 3.8) is 0 Å².